The van der Waals surface area contributed by atoms with Crippen LogP contribution in [0.4, 0.5) is 0 Å². The Hall–Kier alpha value is -0.710. The van der Waals surface area contributed by atoms with Gasteiger partial charge in [0.25, 0.3) is 0 Å². The average Bonchev–Trinajstić information content (AvgIpc) is 2.12. The monoisotopic (exact) mass is 132 g/mol. The van der Waals surface area contributed by atoms with E-state index >= 15 is 0 Å². The first-order valence-corrected chi connectivity index (χ1v) is 2.88. The van der Waals surface area contributed by atoms with Gasteiger partial charge in [-0.15, -0.1) is 0 Å². The van der Waals surface area contributed by atoms with Crippen molar-refractivity contribution < 1.29 is 5.03 Å². The van der Waals surface area contributed by atoms with Gasteiger partial charge in [0, 0.05) is 11.9 Å². The molecule has 0 aromatic carbocycles. The van der Waals surface area contributed by atoms with Crippen molar-refractivity contribution in [2.24, 2.45) is 0 Å². The van der Waals surface area contributed by atoms with Crippen LogP contribution in [-0.2, 0) is 0 Å². The van der Waals surface area contributed by atoms with Gasteiger partial charge in [0.05, 0.1) is 0 Å². The van der Waals surface area contributed by atoms with Gasteiger partial charge >= 0.3 is 0 Å². The number of nitrogens with zero attached hydrogens (tertiary/aromatic N) is 2. The minimum absolute atomic E-state index is 0.414. The lowest BCUT2D eigenvalue weighted by atomic mass is 10.7. The molecular formula is C3H4N2O2S. The van der Waals surface area contributed by atoms with Crippen LogP contribution in [0.25, 0.3) is 0 Å². The van der Waals surface area contributed by atoms with E-state index in [0.717, 1.165) is 16.4 Å². The van der Waals surface area contributed by atoms with E-state index in [1.54, 1.807) is 11.5 Å². The SMILES string of the molecule is O=[N+]([O-])N1CC=CS1. The molecule has 0 aromatic heterocycles. The summed E-state index contributed by atoms with van der Waals surface area (Å²) in [6.07, 6.45) is 1.74. The van der Waals surface area contributed by atoms with E-state index < -0.39 is 5.03 Å². The molecule has 8 heavy (non-hydrogen) atoms. The van der Waals surface area contributed by atoms with Gasteiger partial charge in [-0.25, -0.2) is 10.1 Å². The van der Waals surface area contributed by atoms with E-state index in [2.05, 4.69) is 0 Å². The Labute approximate surface area is 50.4 Å². The third kappa shape index (κ3) is 0.919. The molecule has 1 heterocycles. The van der Waals surface area contributed by atoms with Crippen molar-refractivity contribution >= 4 is 11.9 Å². The first kappa shape index (κ1) is 5.43. The lowest BCUT2D eigenvalue weighted by molar-refractivity contribution is -0.613. The number of hydrogen-bond donors (Lipinski definition) is 0. The highest BCUT2D eigenvalue weighted by Crippen LogP contribution is 2.16. The Morgan fingerprint density at radius 3 is 2.88 bits per heavy atom. The summed E-state index contributed by atoms with van der Waals surface area (Å²) in [5.74, 6) is 0. The highest BCUT2D eigenvalue weighted by molar-refractivity contribution is 7.99. The van der Waals surface area contributed by atoms with Gasteiger partial charge in [0.2, 0.25) is 0 Å². The van der Waals surface area contributed by atoms with Crippen molar-refractivity contribution in [1.82, 2.24) is 4.41 Å². The molecule has 1 aliphatic rings. The first-order valence-electron chi connectivity index (χ1n) is 2.04. The molecule has 4 nitrogen and oxygen atoms in total. The topological polar surface area (TPSA) is 46.4 Å². The predicted octanol–water partition coefficient (Wildman–Crippen LogP) is 0.656. The molecule has 1 aliphatic heterocycles. The summed E-state index contributed by atoms with van der Waals surface area (Å²) in [4.78, 5) is 9.87. The Kier molecular flexibility index (Phi) is 1.38. The second kappa shape index (κ2) is 2.04. The molecule has 44 valence electrons. The molecule has 5 heteroatoms. The normalized spacial score (nSPS) is 17.2. The smallest absolute Gasteiger partial charge is 0.171 e. The van der Waals surface area contributed by atoms with Crippen LogP contribution in [0, 0.1) is 10.1 Å². The molecule has 1 rings (SSSR count). The quantitative estimate of drug-likeness (QED) is 0.298. The van der Waals surface area contributed by atoms with Crippen LogP contribution in [0.1, 0.15) is 0 Å². The maximum Gasteiger partial charge on any atom is 0.171 e. The van der Waals surface area contributed by atoms with Gasteiger partial charge in [0.1, 0.15) is 6.54 Å². The minimum Gasteiger partial charge on any atom is -0.234 e. The number of rotatable bonds is 1. The largest absolute Gasteiger partial charge is 0.234 e. The van der Waals surface area contributed by atoms with Gasteiger partial charge in [-0.05, 0) is 5.41 Å². The lowest BCUT2D eigenvalue weighted by Gasteiger charge is -2.00. The van der Waals surface area contributed by atoms with Crippen LogP contribution in [0.15, 0.2) is 11.5 Å². The molecule has 0 unspecified atom stereocenters. The molecular weight excluding hydrogens is 128 g/mol. The van der Waals surface area contributed by atoms with Gasteiger partial charge in [-0.1, -0.05) is 10.5 Å². The van der Waals surface area contributed by atoms with Crippen molar-refractivity contribution in [3.8, 4) is 0 Å². The van der Waals surface area contributed by atoms with Crippen LogP contribution < -0.4 is 0 Å². The molecule has 0 spiro atoms. The summed E-state index contributed by atoms with van der Waals surface area (Å²) in [5, 5.41) is 11.1. The third-order valence-electron chi connectivity index (χ3n) is 0.722. The van der Waals surface area contributed by atoms with Crippen molar-refractivity contribution in [2.75, 3.05) is 6.54 Å². The summed E-state index contributed by atoms with van der Waals surface area (Å²) in [7, 11) is 0. The standard InChI is InChI=1S/C3H4N2O2S/c6-5(7)4-2-1-3-8-4/h1,3H,2H2. The lowest BCUT2D eigenvalue weighted by Crippen LogP contribution is -2.18. The Balaban J connectivity index is 2.41. The zero-order valence-corrected chi connectivity index (χ0v) is 4.80. The van der Waals surface area contributed by atoms with Crippen molar-refractivity contribution in [2.45, 2.75) is 0 Å². The van der Waals surface area contributed by atoms with Crippen molar-refractivity contribution in [1.29, 1.82) is 0 Å². The zero-order valence-electron chi connectivity index (χ0n) is 3.98. The maximum atomic E-state index is 9.87. The fraction of sp³-hybridized carbons (Fsp3) is 0.333. The van der Waals surface area contributed by atoms with Gasteiger partial charge in [-0.2, -0.15) is 0 Å². The van der Waals surface area contributed by atoms with E-state index in [1.165, 1.54) is 0 Å². The fourth-order valence-corrected chi connectivity index (χ4v) is 0.956. The molecule has 0 radical (unpaired) electrons. The van der Waals surface area contributed by atoms with Gasteiger partial charge in [0.15, 0.2) is 5.03 Å². The molecule has 0 bridgehead atoms. The molecule has 0 amide bonds. The molecule has 0 fully saturated rings. The maximum absolute atomic E-state index is 9.87. The summed E-state index contributed by atoms with van der Waals surface area (Å²) in [5.41, 5.74) is 0. The Bertz CT molecular complexity index is 127. The van der Waals surface area contributed by atoms with E-state index in [-0.39, 0.29) is 0 Å². The van der Waals surface area contributed by atoms with Gasteiger partial charge < -0.3 is 0 Å². The van der Waals surface area contributed by atoms with Crippen LogP contribution >= 0.6 is 11.9 Å². The summed E-state index contributed by atoms with van der Waals surface area (Å²) in [6.45, 7) is 0.414. The molecule has 0 atom stereocenters. The van der Waals surface area contributed by atoms with E-state index in [4.69, 9.17) is 0 Å². The van der Waals surface area contributed by atoms with Crippen LogP contribution in [-0.4, -0.2) is 16.0 Å². The van der Waals surface area contributed by atoms with Crippen LogP contribution in [0.3, 0.4) is 0 Å². The molecule has 0 saturated carbocycles. The predicted molar refractivity (Wildman–Crippen MR) is 30.4 cm³/mol. The Morgan fingerprint density at radius 2 is 2.62 bits per heavy atom. The molecule has 0 aromatic rings. The average molecular weight is 132 g/mol. The second-order valence-corrected chi connectivity index (χ2v) is 2.15. The summed E-state index contributed by atoms with van der Waals surface area (Å²) in [6, 6.07) is 0. The molecule has 0 saturated heterocycles. The second-order valence-electron chi connectivity index (χ2n) is 1.25. The number of hydrazine groups is 1. The van der Waals surface area contributed by atoms with E-state index in [1.807, 2.05) is 0 Å². The first-order chi connectivity index (χ1) is 3.80. The highest BCUT2D eigenvalue weighted by atomic mass is 32.2. The van der Waals surface area contributed by atoms with Crippen LogP contribution in [0.2, 0.25) is 0 Å². The number of nitro groups is 1. The van der Waals surface area contributed by atoms with Crippen LogP contribution in [0.5, 0.6) is 0 Å². The van der Waals surface area contributed by atoms with E-state index in [9.17, 15) is 10.1 Å². The van der Waals surface area contributed by atoms with Gasteiger partial charge in [-0.3, -0.25) is 0 Å². The Morgan fingerprint density at radius 1 is 1.88 bits per heavy atom. The third-order valence-corrected chi connectivity index (χ3v) is 1.56. The zero-order chi connectivity index (χ0) is 5.98. The number of hydrogen-bond acceptors (Lipinski definition) is 3. The van der Waals surface area contributed by atoms with Crippen molar-refractivity contribution in [3.05, 3.63) is 21.6 Å². The highest BCUT2D eigenvalue weighted by Gasteiger charge is 2.14. The summed E-state index contributed by atoms with van der Waals surface area (Å²) >= 11 is 1.10. The molecule has 0 aliphatic carbocycles. The minimum atomic E-state index is -0.426. The summed E-state index contributed by atoms with van der Waals surface area (Å²) < 4.78 is 1.06. The van der Waals surface area contributed by atoms with E-state index in [0.29, 0.717) is 6.54 Å². The van der Waals surface area contributed by atoms with Crippen molar-refractivity contribution in [3.63, 3.8) is 0 Å². The molecule has 0 N–H and O–H groups in total. The fourth-order valence-electron chi connectivity index (χ4n) is 0.395.